The molecular formula is C27H26FN7O. The molecule has 8 nitrogen and oxygen atoms in total. The molecule has 1 unspecified atom stereocenters. The lowest BCUT2D eigenvalue weighted by molar-refractivity contribution is 0.0652. The number of fused-ring (bicyclic) bond motifs is 1. The zero-order valence-corrected chi connectivity index (χ0v) is 20.2. The number of aromatic nitrogens is 4. The van der Waals surface area contributed by atoms with Gasteiger partial charge < -0.3 is 18.9 Å². The van der Waals surface area contributed by atoms with Crippen molar-refractivity contribution in [2.24, 2.45) is 14.1 Å². The molecule has 0 saturated heterocycles. The van der Waals surface area contributed by atoms with Gasteiger partial charge in [0.05, 0.1) is 42.6 Å². The minimum atomic E-state index is -0.357. The highest BCUT2D eigenvalue weighted by Crippen LogP contribution is 2.32. The molecule has 1 aliphatic rings. The molecule has 0 saturated carbocycles. The Balaban J connectivity index is 1.54. The maximum Gasteiger partial charge on any atom is 0.274 e. The average molecular weight is 484 g/mol. The van der Waals surface area contributed by atoms with Crippen molar-refractivity contribution in [1.29, 1.82) is 5.26 Å². The van der Waals surface area contributed by atoms with Crippen LogP contribution in [-0.4, -0.2) is 42.5 Å². The maximum absolute atomic E-state index is 14.7. The second-order valence-corrected chi connectivity index (χ2v) is 9.17. The first-order valence-corrected chi connectivity index (χ1v) is 11.7. The molecule has 1 aliphatic heterocycles. The van der Waals surface area contributed by atoms with Crippen molar-refractivity contribution in [2.75, 3.05) is 11.4 Å². The van der Waals surface area contributed by atoms with Crippen LogP contribution in [-0.2, 0) is 33.6 Å². The molecule has 4 aromatic rings. The molecule has 0 N–H and O–H groups in total. The molecule has 0 bridgehead atoms. The maximum atomic E-state index is 14.7. The van der Waals surface area contributed by atoms with E-state index >= 15 is 0 Å². The van der Waals surface area contributed by atoms with Crippen LogP contribution in [0, 0.1) is 17.1 Å². The first kappa shape index (κ1) is 23.3. The van der Waals surface area contributed by atoms with Crippen molar-refractivity contribution in [2.45, 2.75) is 25.6 Å². The number of benzene rings is 2. The number of imidazole rings is 2. The number of carbonyl (C=O) groups is 1. The number of hydrogen-bond donors (Lipinski definition) is 0. The van der Waals surface area contributed by atoms with Gasteiger partial charge in [-0.1, -0.05) is 18.2 Å². The highest BCUT2D eigenvalue weighted by atomic mass is 19.1. The van der Waals surface area contributed by atoms with Crippen LogP contribution in [0.5, 0.6) is 0 Å². The van der Waals surface area contributed by atoms with E-state index < -0.39 is 0 Å². The summed E-state index contributed by atoms with van der Waals surface area (Å²) >= 11 is 0. The molecule has 182 valence electrons. The summed E-state index contributed by atoms with van der Waals surface area (Å²) < 4.78 is 18.3. The molecule has 9 heteroatoms. The average Bonchev–Trinajstić information content (AvgIpc) is 3.50. The summed E-state index contributed by atoms with van der Waals surface area (Å²) in [5, 5.41) is 9.49. The second kappa shape index (κ2) is 9.66. The van der Waals surface area contributed by atoms with E-state index in [-0.39, 0.29) is 24.3 Å². The first-order chi connectivity index (χ1) is 17.4. The van der Waals surface area contributed by atoms with Crippen molar-refractivity contribution >= 4 is 11.6 Å². The van der Waals surface area contributed by atoms with Gasteiger partial charge in [0.15, 0.2) is 0 Å². The van der Waals surface area contributed by atoms with Crippen molar-refractivity contribution in [1.82, 2.24) is 24.0 Å². The SMILES string of the molecule is Cn1cnc(CN2CC(N(Cc3ccccc3F)C(=O)c3cn(C)cn3)Cc3cc(C#N)ccc32)c1. The Morgan fingerprint density at radius 2 is 1.92 bits per heavy atom. The summed E-state index contributed by atoms with van der Waals surface area (Å²) in [5.41, 5.74) is 4.17. The number of aryl methyl sites for hydroxylation is 2. The lowest BCUT2D eigenvalue weighted by atomic mass is 9.94. The molecule has 0 radical (unpaired) electrons. The Kier molecular flexibility index (Phi) is 6.25. The monoisotopic (exact) mass is 483 g/mol. The van der Waals surface area contributed by atoms with Crippen LogP contribution in [0.25, 0.3) is 0 Å². The molecular weight excluding hydrogens is 457 g/mol. The minimum Gasteiger partial charge on any atom is -0.363 e. The van der Waals surface area contributed by atoms with Crippen LogP contribution < -0.4 is 4.90 Å². The number of rotatable bonds is 6. The molecule has 0 spiro atoms. The van der Waals surface area contributed by atoms with Crippen LogP contribution in [0.15, 0.2) is 67.5 Å². The van der Waals surface area contributed by atoms with Crippen LogP contribution in [0.1, 0.15) is 32.9 Å². The van der Waals surface area contributed by atoms with E-state index in [0.29, 0.717) is 36.3 Å². The van der Waals surface area contributed by atoms with E-state index in [1.165, 1.54) is 6.07 Å². The number of amides is 1. The summed E-state index contributed by atoms with van der Waals surface area (Å²) in [6, 6.07) is 14.1. The predicted molar refractivity (Wildman–Crippen MR) is 132 cm³/mol. The van der Waals surface area contributed by atoms with Crippen molar-refractivity contribution in [3.05, 3.63) is 101 Å². The third kappa shape index (κ3) is 4.70. The van der Waals surface area contributed by atoms with Gasteiger partial charge in [-0.25, -0.2) is 14.4 Å². The van der Waals surface area contributed by atoms with Gasteiger partial charge in [-0.15, -0.1) is 0 Å². The first-order valence-electron chi connectivity index (χ1n) is 11.7. The number of anilines is 1. The number of carbonyl (C=O) groups excluding carboxylic acids is 1. The van der Waals surface area contributed by atoms with Gasteiger partial charge >= 0.3 is 0 Å². The van der Waals surface area contributed by atoms with Gasteiger partial charge in [-0.3, -0.25) is 4.79 Å². The third-order valence-corrected chi connectivity index (χ3v) is 6.47. The number of nitrogens with zero attached hydrogens (tertiary/aromatic N) is 7. The van der Waals surface area contributed by atoms with Gasteiger partial charge in [0.25, 0.3) is 5.91 Å². The minimum absolute atomic E-state index is 0.109. The number of nitriles is 1. The summed E-state index contributed by atoms with van der Waals surface area (Å²) in [5.74, 6) is -0.619. The highest BCUT2D eigenvalue weighted by molar-refractivity contribution is 5.92. The van der Waals surface area contributed by atoms with Gasteiger partial charge in [-0.2, -0.15) is 5.26 Å². The standard InChI is InChI=1S/C27H26FN7O/c1-32-13-22(30-17-32)14-34-15-23(10-21-9-19(11-29)7-8-26(21)34)35(12-20-5-3-4-6-24(20)28)27(36)25-16-33(2)18-31-25/h3-9,13,16-18,23H,10,12,14-15H2,1-2H3. The van der Waals surface area contributed by atoms with E-state index in [1.807, 2.05) is 29.9 Å². The van der Waals surface area contributed by atoms with E-state index in [2.05, 4.69) is 20.9 Å². The molecule has 2 aromatic carbocycles. The quantitative estimate of drug-likeness (QED) is 0.420. The smallest absolute Gasteiger partial charge is 0.274 e. The molecule has 0 aliphatic carbocycles. The summed E-state index contributed by atoms with van der Waals surface area (Å²) in [6.45, 7) is 1.18. The lowest BCUT2D eigenvalue weighted by Crippen LogP contribution is -2.50. The van der Waals surface area contributed by atoms with Crippen molar-refractivity contribution in [3.63, 3.8) is 0 Å². The molecule has 1 amide bonds. The third-order valence-electron chi connectivity index (χ3n) is 6.47. The summed E-state index contributed by atoms with van der Waals surface area (Å²) in [7, 11) is 3.73. The zero-order chi connectivity index (χ0) is 25.2. The Hall–Kier alpha value is -4.45. The zero-order valence-electron chi connectivity index (χ0n) is 20.2. The summed E-state index contributed by atoms with van der Waals surface area (Å²) in [4.78, 5) is 26.3. The Morgan fingerprint density at radius 3 is 2.61 bits per heavy atom. The van der Waals surface area contributed by atoms with E-state index in [0.717, 1.165) is 16.9 Å². The van der Waals surface area contributed by atoms with E-state index in [9.17, 15) is 14.4 Å². The largest absolute Gasteiger partial charge is 0.363 e. The molecule has 0 fully saturated rings. The summed E-state index contributed by atoms with van der Waals surface area (Å²) in [6.07, 6.45) is 7.51. The fourth-order valence-electron chi connectivity index (χ4n) is 4.75. The second-order valence-electron chi connectivity index (χ2n) is 9.17. The molecule has 1 atom stereocenters. The Bertz CT molecular complexity index is 1450. The molecule has 36 heavy (non-hydrogen) atoms. The van der Waals surface area contributed by atoms with Gasteiger partial charge in [-0.05, 0) is 36.2 Å². The van der Waals surface area contributed by atoms with Gasteiger partial charge in [0.2, 0.25) is 0 Å². The fourth-order valence-corrected chi connectivity index (χ4v) is 4.75. The molecule has 3 heterocycles. The molecule has 2 aromatic heterocycles. The van der Waals surface area contributed by atoms with Crippen molar-refractivity contribution < 1.29 is 9.18 Å². The van der Waals surface area contributed by atoms with E-state index in [4.69, 9.17) is 0 Å². The van der Waals surface area contributed by atoms with Crippen LogP contribution in [0.4, 0.5) is 10.1 Å². The van der Waals surface area contributed by atoms with Gasteiger partial charge in [0, 0.05) is 50.8 Å². The predicted octanol–water partition coefficient (Wildman–Crippen LogP) is 3.44. The molecule has 5 rings (SSSR count). The lowest BCUT2D eigenvalue weighted by Gasteiger charge is -2.41. The van der Waals surface area contributed by atoms with Crippen LogP contribution >= 0.6 is 0 Å². The van der Waals surface area contributed by atoms with Crippen LogP contribution in [0.2, 0.25) is 0 Å². The highest BCUT2D eigenvalue weighted by Gasteiger charge is 2.33. The number of halogens is 1. The Labute approximate surface area is 208 Å². The fraction of sp³-hybridized carbons (Fsp3) is 0.259. The van der Waals surface area contributed by atoms with E-state index in [1.54, 1.807) is 59.6 Å². The topological polar surface area (TPSA) is 83.0 Å². The Morgan fingerprint density at radius 1 is 1.14 bits per heavy atom. The van der Waals surface area contributed by atoms with Crippen molar-refractivity contribution in [3.8, 4) is 6.07 Å². The number of hydrogen-bond acceptors (Lipinski definition) is 5. The normalized spacial score (nSPS) is 14.8. The van der Waals surface area contributed by atoms with Gasteiger partial charge in [0.1, 0.15) is 11.5 Å². The van der Waals surface area contributed by atoms with Crippen LogP contribution in [0.3, 0.4) is 0 Å².